The third kappa shape index (κ3) is 3.63. The first-order valence-corrected chi connectivity index (χ1v) is 8.26. The fourth-order valence-electron chi connectivity index (χ4n) is 3.30. The average molecular weight is 333 g/mol. The number of rotatable bonds is 4. The van der Waals surface area contributed by atoms with Crippen LogP contribution in [-0.2, 0) is 13.5 Å². The van der Waals surface area contributed by atoms with E-state index in [9.17, 15) is 13.6 Å². The number of hydrogen-bond donors (Lipinski definition) is 0. The molecule has 1 aliphatic heterocycles. The summed E-state index contributed by atoms with van der Waals surface area (Å²) in [7, 11) is 1.78. The van der Waals surface area contributed by atoms with Gasteiger partial charge >= 0.3 is 0 Å². The minimum Gasteiger partial charge on any atom is -0.337 e. The highest BCUT2D eigenvalue weighted by Crippen LogP contribution is 2.24. The number of aryl methyl sites for hydroxylation is 1. The zero-order valence-electron chi connectivity index (χ0n) is 13.7. The van der Waals surface area contributed by atoms with Crippen LogP contribution in [0.4, 0.5) is 8.78 Å². The highest BCUT2D eigenvalue weighted by Gasteiger charge is 2.26. The zero-order valence-corrected chi connectivity index (χ0v) is 13.7. The van der Waals surface area contributed by atoms with Crippen molar-refractivity contribution in [2.45, 2.75) is 25.7 Å². The van der Waals surface area contributed by atoms with Crippen molar-refractivity contribution >= 4 is 5.91 Å². The molecule has 1 amide bonds. The van der Waals surface area contributed by atoms with E-state index in [2.05, 4.69) is 5.10 Å². The van der Waals surface area contributed by atoms with Crippen LogP contribution in [0.3, 0.4) is 0 Å². The Labute approximate surface area is 140 Å². The quantitative estimate of drug-likeness (QED) is 0.862. The van der Waals surface area contributed by atoms with Gasteiger partial charge in [-0.15, -0.1) is 0 Å². The van der Waals surface area contributed by atoms with Crippen LogP contribution < -0.4 is 0 Å². The van der Waals surface area contributed by atoms with Crippen LogP contribution in [0.5, 0.6) is 0 Å². The van der Waals surface area contributed by atoms with Crippen molar-refractivity contribution in [1.29, 1.82) is 0 Å². The molecule has 24 heavy (non-hydrogen) atoms. The molecule has 0 spiro atoms. The van der Waals surface area contributed by atoms with E-state index in [1.807, 2.05) is 0 Å². The van der Waals surface area contributed by atoms with Gasteiger partial charge in [-0.1, -0.05) is 6.07 Å². The maximum Gasteiger partial charge on any atom is 0.274 e. The van der Waals surface area contributed by atoms with E-state index >= 15 is 0 Å². The number of carbonyl (C=O) groups is 1. The third-order valence-corrected chi connectivity index (χ3v) is 4.60. The number of piperidine rings is 1. The lowest BCUT2D eigenvalue weighted by molar-refractivity contribution is 0.0661. The molecule has 1 aromatic heterocycles. The predicted molar refractivity (Wildman–Crippen MR) is 86.5 cm³/mol. The van der Waals surface area contributed by atoms with Crippen LogP contribution in [0, 0.1) is 17.6 Å². The second kappa shape index (κ2) is 7.11. The summed E-state index contributed by atoms with van der Waals surface area (Å²) in [5.74, 6) is -0.803. The average Bonchev–Trinajstić information content (AvgIpc) is 3.00. The predicted octanol–water partition coefficient (Wildman–Crippen LogP) is 3.18. The van der Waals surface area contributed by atoms with Crippen molar-refractivity contribution in [3.63, 3.8) is 0 Å². The Kier molecular flexibility index (Phi) is 4.92. The van der Waals surface area contributed by atoms with Gasteiger partial charge in [0.2, 0.25) is 0 Å². The minimum atomic E-state index is -0.493. The molecule has 2 heterocycles. The Bertz CT molecular complexity index is 709. The van der Waals surface area contributed by atoms with Crippen LogP contribution in [0.2, 0.25) is 0 Å². The molecule has 128 valence electrons. The smallest absolute Gasteiger partial charge is 0.274 e. The molecule has 0 unspecified atom stereocenters. The Balaban J connectivity index is 1.60. The van der Waals surface area contributed by atoms with Crippen molar-refractivity contribution in [3.8, 4) is 0 Å². The van der Waals surface area contributed by atoms with Gasteiger partial charge in [0, 0.05) is 31.9 Å². The first-order valence-electron chi connectivity index (χ1n) is 8.26. The summed E-state index contributed by atoms with van der Waals surface area (Å²) in [6.07, 6.45) is 4.65. The second-order valence-corrected chi connectivity index (χ2v) is 6.37. The van der Waals surface area contributed by atoms with Gasteiger partial charge < -0.3 is 4.90 Å². The van der Waals surface area contributed by atoms with Crippen LogP contribution >= 0.6 is 0 Å². The number of aromatic nitrogens is 2. The number of halogens is 2. The van der Waals surface area contributed by atoms with Crippen molar-refractivity contribution in [2.24, 2.45) is 13.0 Å². The van der Waals surface area contributed by atoms with E-state index in [1.165, 1.54) is 18.2 Å². The number of amides is 1. The van der Waals surface area contributed by atoms with Crippen LogP contribution in [0.25, 0.3) is 0 Å². The van der Waals surface area contributed by atoms with E-state index in [-0.39, 0.29) is 17.4 Å². The fourth-order valence-corrected chi connectivity index (χ4v) is 3.30. The van der Waals surface area contributed by atoms with E-state index in [1.54, 1.807) is 28.9 Å². The summed E-state index contributed by atoms with van der Waals surface area (Å²) in [6.45, 7) is 1.32. The molecule has 0 bridgehead atoms. The van der Waals surface area contributed by atoms with Gasteiger partial charge in [-0.05, 0) is 49.8 Å². The van der Waals surface area contributed by atoms with Crippen molar-refractivity contribution in [2.75, 3.05) is 13.1 Å². The third-order valence-electron chi connectivity index (χ3n) is 4.60. The molecule has 0 aliphatic carbocycles. The molecule has 4 nitrogen and oxygen atoms in total. The normalized spacial score (nSPS) is 18.0. The van der Waals surface area contributed by atoms with Crippen molar-refractivity contribution in [3.05, 3.63) is 53.4 Å². The molecule has 1 atom stereocenters. The van der Waals surface area contributed by atoms with Gasteiger partial charge in [0.05, 0.1) is 0 Å². The standard InChI is InChI=1S/C18H21F2N3O/c1-22-11-9-17(21-22)18(24)23-10-3-4-13(12-23)7-8-14-15(19)5-2-6-16(14)20/h2,5-6,9,11,13H,3-4,7-8,10,12H2,1H3/t13-/m1/s1. The molecule has 3 rings (SSSR count). The SMILES string of the molecule is Cn1ccc(C(=O)N2CCC[C@H](CCc3c(F)cccc3F)C2)n1. The van der Waals surface area contributed by atoms with Gasteiger partial charge in [0.1, 0.15) is 17.3 Å². The molecule has 1 aliphatic rings. The molecule has 1 saturated heterocycles. The fraction of sp³-hybridized carbons (Fsp3) is 0.444. The maximum atomic E-state index is 13.7. The van der Waals surface area contributed by atoms with E-state index in [0.29, 0.717) is 31.6 Å². The summed E-state index contributed by atoms with van der Waals surface area (Å²) >= 11 is 0. The van der Waals surface area contributed by atoms with E-state index in [4.69, 9.17) is 0 Å². The second-order valence-electron chi connectivity index (χ2n) is 6.37. The van der Waals surface area contributed by atoms with Crippen molar-refractivity contribution < 1.29 is 13.6 Å². The molecular formula is C18H21F2N3O. The van der Waals surface area contributed by atoms with Crippen LogP contribution in [0.1, 0.15) is 35.3 Å². The Morgan fingerprint density at radius 3 is 2.71 bits per heavy atom. The summed E-state index contributed by atoms with van der Waals surface area (Å²) in [5.41, 5.74) is 0.587. The first kappa shape index (κ1) is 16.6. The lowest BCUT2D eigenvalue weighted by atomic mass is 9.91. The van der Waals surface area contributed by atoms with Gasteiger partial charge in [0.15, 0.2) is 0 Å². The number of nitrogens with zero attached hydrogens (tertiary/aromatic N) is 3. The molecule has 0 saturated carbocycles. The summed E-state index contributed by atoms with van der Waals surface area (Å²) in [6, 6.07) is 5.66. The lowest BCUT2D eigenvalue weighted by Crippen LogP contribution is -2.40. The Morgan fingerprint density at radius 2 is 2.04 bits per heavy atom. The molecule has 1 aromatic carbocycles. The van der Waals surface area contributed by atoms with E-state index < -0.39 is 11.6 Å². The molecule has 2 aromatic rings. The molecule has 0 radical (unpaired) electrons. The van der Waals surface area contributed by atoms with Gasteiger partial charge in [-0.2, -0.15) is 5.10 Å². The highest BCUT2D eigenvalue weighted by molar-refractivity contribution is 5.92. The molecular weight excluding hydrogens is 312 g/mol. The van der Waals surface area contributed by atoms with Crippen LogP contribution in [0.15, 0.2) is 30.5 Å². The minimum absolute atomic E-state index is 0.0719. The summed E-state index contributed by atoms with van der Waals surface area (Å²) < 4.78 is 29.0. The summed E-state index contributed by atoms with van der Waals surface area (Å²) in [5, 5.41) is 4.15. The first-order chi connectivity index (χ1) is 11.5. The highest BCUT2D eigenvalue weighted by atomic mass is 19.1. The lowest BCUT2D eigenvalue weighted by Gasteiger charge is -2.32. The van der Waals surface area contributed by atoms with Gasteiger partial charge in [-0.3, -0.25) is 9.48 Å². The molecule has 0 N–H and O–H groups in total. The number of benzene rings is 1. The monoisotopic (exact) mass is 333 g/mol. The number of hydrogen-bond acceptors (Lipinski definition) is 2. The Morgan fingerprint density at radius 1 is 1.29 bits per heavy atom. The van der Waals surface area contributed by atoms with Crippen LogP contribution in [-0.4, -0.2) is 33.7 Å². The summed E-state index contributed by atoms with van der Waals surface area (Å²) in [4.78, 5) is 14.3. The zero-order chi connectivity index (χ0) is 17.1. The molecule has 6 heteroatoms. The largest absolute Gasteiger partial charge is 0.337 e. The van der Waals surface area contributed by atoms with Crippen molar-refractivity contribution in [1.82, 2.24) is 14.7 Å². The van der Waals surface area contributed by atoms with Gasteiger partial charge in [-0.25, -0.2) is 8.78 Å². The Hall–Kier alpha value is -2.24. The number of likely N-dealkylation sites (tertiary alicyclic amines) is 1. The van der Waals surface area contributed by atoms with Gasteiger partial charge in [0.25, 0.3) is 5.91 Å². The van der Waals surface area contributed by atoms with E-state index in [0.717, 1.165) is 12.8 Å². The maximum absolute atomic E-state index is 13.7. The molecule has 1 fully saturated rings. The topological polar surface area (TPSA) is 38.1 Å². The number of carbonyl (C=O) groups excluding carboxylic acids is 1.